The van der Waals surface area contributed by atoms with Crippen molar-refractivity contribution in [2.45, 2.75) is 18.8 Å². The Kier molecular flexibility index (Phi) is 4.44. The van der Waals surface area contributed by atoms with E-state index in [0.717, 1.165) is 43.9 Å². The first-order valence-electron chi connectivity index (χ1n) is 8.92. The van der Waals surface area contributed by atoms with Crippen LogP contribution in [0.1, 0.15) is 22.6 Å². The number of carbonyl (C=O) groups is 1. The fraction of sp³-hybridized carbons (Fsp3) is 0.474. The fourth-order valence-electron chi connectivity index (χ4n) is 3.79. The van der Waals surface area contributed by atoms with Crippen molar-refractivity contribution >= 4 is 5.91 Å². The molecule has 6 nitrogen and oxygen atoms in total. The smallest absolute Gasteiger partial charge is 0.225 e. The van der Waals surface area contributed by atoms with Crippen LogP contribution in [0.4, 0.5) is 0 Å². The van der Waals surface area contributed by atoms with E-state index in [2.05, 4.69) is 27.9 Å². The number of hydrogen-bond donors (Lipinski definition) is 2. The lowest BCUT2D eigenvalue weighted by molar-refractivity contribution is -0.124. The highest BCUT2D eigenvalue weighted by Gasteiger charge is 2.34. The summed E-state index contributed by atoms with van der Waals surface area (Å²) in [6.07, 6.45) is 5.70. The van der Waals surface area contributed by atoms with Crippen molar-refractivity contribution in [2.24, 2.45) is 13.0 Å². The van der Waals surface area contributed by atoms with Gasteiger partial charge in [-0.2, -0.15) is 5.10 Å². The van der Waals surface area contributed by atoms with Crippen molar-refractivity contribution in [3.63, 3.8) is 0 Å². The first-order chi connectivity index (χ1) is 12.2. The van der Waals surface area contributed by atoms with Crippen LogP contribution >= 0.6 is 0 Å². The van der Waals surface area contributed by atoms with E-state index in [1.807, 2.05) is 25.5 Å². The number of hydrogen-bond acceptors (Lipinski definition) is 4. The quantitative estimate of drug-likeness (QED) is 0.853. The number of rotatable bonds is 5. The molecule has 0 bridgehead atoms. The Labute approximate surface area is 147 Å². The minimum Gasteiger partial charge on any atom is -0.493 e. The van der Waals surface area contributed by atoms with Crippen molar-refractivity contribution < 1.29 is 9.53 Å². The van der Waals surface area contributed by atoms with E-state index in [4.69, 9.17) is 4.74 Å². The van der Waals surface area contributed by atoms with Gasteiger partial charge < -0.3 is 15.4 Å². The standard InChI is InChI=1S/C19H24N4O2/c1-23-12-15(9-22-23)16-10-20-11-17(16)19(24)21-6-4-13-2-3-18-14(8-13)5-7-25-18/h2-3,8-9,12,16-17,20H,4-7,10-11H2,1H3,(H,21,24)/t16-,17+/m1/s1. The molecule has 4 rings (SSSR count). The zero-order valence-corrected chi connectivity index (χ0v) is 14.5. The number of benzene rings is 1. The summed E-state index contributed by atoms with van der Waals surface area (Å²) in [5.74, 6) is 1.30. The highest BCUT2D eigenvalue weighted by Crippen LogP contribution is 2.28. The molecule has 1 saturated heterocycles. The van der Waals surface area contributed by atoms with Crippen LogP contribution in [0.5, 0.6) is 5.75 Å². The normalized spacial score (nSPS) is 21.8. The number of nitrogens with one attached hydrogen (secondary N) is 2. The minimum absolute atomic E-state index is 0.0300. The zero-order chi connectivity index (χ0) is 17.2. The lowest BCUT2D eigenvalue weighted by Crippen LogP contribution is -2.35. The van der Waals surface area contributed by atoms with Gasteiger partial charge in [-0.05, 0) is 29.2 Å². The molecule has 0 unspecified atom stereocenters. The van der Waals surface area contributed by atoms with E-state index >= 15 is 0 Å². The van der Waals surface area contributed by atoms with Crippen LogP contribution in [0.25, 0.3) is 0 Å². The maximum Gasteiger partial charge on any atom is 0.225 e. The summed E-state index contributed by atoms with van der Waals surface area (Å²) < 4.78 is 7.33. The molecule has 2 aliphatic heterocycles. The number of amides is 1. The molecule has 0 saturated carbocycles. The molecule has 132 valence electrons. The Morgan fingerprint density at radius 2 is 2.36 bits per heavy atom. The average molecular weight is 340 g/mol. The van der Waals surface area contributed by atoms with Gasteiger partial charge in [-0.3, -0.25) is 9.48 Å². The number of aryl methyl sites for hydroxylation is 1. The summed E-state index contributed by atoms with van der Waals surface area (Å²) in [4.78, 5) is 12.6. The Morgan fingerprint density at radius 1 is 1.44 bits per heavy atom. The predicted molar refractivity (Wildman–Crippen MR) is 94.7 cm³/mol. The van der Waals surface area contributed by atoms with Gasteiger partial charge in [-0.15, -0.1) is 0 Å². The van der Waals surface area contributed by atoms with Crippen LogP contribution in [0.15, 0.2) is 30.6 Å². The van der Waals surface area contributed by atoms with Gasteiger partial charge in [0.2, 0.25) is 5.91 Å². The molecule has 2 aliphatic rings. The summed E-state index contributed by atoms with van der Waals surface area (Å²) in [5, 5.41) is 10.7. The second-order valence-corrected chi connectivity index (χ2v) is 6.90. The molecule has 1 amide bonds. The van der Waals surface area contributed by atoms with Gasteiger partial charge in [0.1, 0.15) is 5.75 Å². The van der Waals surface area contributed by atoms with Gasteiger partial charge >= 0.3 is 0 Å². The Balaban J connectivity index is 1.32. The maximum atomic E-state index is 12.6. The van der Waals surface area contributed by atoms with Crippen molar-refractivity contribution in [2.75, 3.05) is 26.2 Å². The molecule has 0 radical (unpaired) electrons. The first-order valence-corrected chi connectivity index (χ1v) is 8.92. The van der Waals surface area contributed by atoms with Gasteiger partial charge in [-0.1, -0.05) is 12.1 Å². The van der Waals surface area contributed by atoms with Crippen LogP contribution in [0.2, 0.25) is 0 Å². The lowest BCUT2D eigenvalue weighted by Gasteiger charge is -2.17. The maximum absolute atomic E-state index is 12.6. The van der Waals surface area contributed by atoms with Crippen LogP contribution in [0, 0.1) is 5.92 Å². The molecule has 0 aliphatic carbocycles. The Bertz CT molecular complexity index is 771. The van der Waals surface area contributed by atoms with Gasteiger partial charge in [0.05, 0.1) is 18.7 Å². The molecule has 25 heavy (non-hydrogen) atoms. The molecular weight excluding hydrogens is 316 g/mol. The SMILES string of the molecule is Cn1cc([C@H]2CNC[C@@H]2C(=O)NCCc2ccc3c(c2)CCO3)cn1. The van der Waals surface area contributed by atoms with Crippen molar-refractivity contribution in [1.29, 1.82) is 0 Å². The predicted octanol–water partition coefficient (Wildman–Crippen LogP) is 1.02. The molecule has 2 atom stereocenters. The van der Waals surface area contributed by atoms with E-state index in [9.17, 15) is 4.79 Å². The summed E-state index contributed by atoms with van der Waals surface area (Å²) in [6.45, 7) is 2.99. The number of ether oxygens (including phenoxy) is 1. The molecule has 6 heteroatoms. The molecule has 2 N–H and O–H groups in total. The minimum atomic E-state index is -0.0300. The van der Waals surface area contributed by atoms with Gasteiger partial charge in [0.25, 0.3) is 0 Å². The largest absolute Gasteiger partial charge is 0.493 e. The van der Waals surface area contributed by atoms with E-state index < -0.39 is 0 Å². The molecule has 1 aromatic heterocycles. The molecular formula is C19H24N4O2. The van der Waals surface area contributed by atoms with E-state index in [1.165, 1.54) is 11.1 Å². The third kappa shape index (κ3) is 3.39. The summed E-state index contributed by atoms with van der Waals surface area (Å²) in [5.41, 5.74) is 3.66. The van der Waals surface area contributed by atoms with Gasteiger partial charge in [-0.25, -0.2) is 0 Å². The van der Waals surface area contributed by atoms with E-state index in [-0.39, 0.29) is 17.7 Å². The molecule has 3 heterocycles. The topological polar surface area (TPSA) is 68.2 Å². The molecule has 0 spiro atoms. The Hall–Kier alpha value is -2.34. The summed E-state index contributed by atoms with van der Waals surface area (Å²) in [6, 6.07) is 6.33. The van der Waals surface area contributed by atoms with E-state index in [0.29, 0.717) is 6.54 Å². The van der Waals surface area contributed by atoms with Crippen molar-refractivity contribution in [1.82, 2.24) is 20.4 Å². The lowest BCUT2D eigenvalue weighted by atomic mass is 9.90. The number of fused-ring (bicyclic) bond motifs is 1. The summed E-state index contributed by atoms with van der Waals surface area (Å²) in [7, 11) is 1.91. The van der Waals surface area contributed by atoms with E-state index in [1.54, 1.807) is 4.68 Å². The third-order valence-electron chi connectivity index (χ3n) is 5.17. The van der Waals surface area contributed by atoms with Crippen LogP contribution in [-0.4, -0.2) is 41.9 Å². The molecule has 2 aromatic rings. The zero-order valence-electron chi connectivity index (χ0n) is 14.5. The molecule has 1 aromatic carbocycles. The van der Waals surface area contributed by atoms with Crippen LogP contribution in [0.3, 0.4) is 0 Å². The van der Waals surface area contributed by atoms with Gasteiger partial charge in [0, 0.05) is 45.2 Å². The monoisotopic (exact) mass is 340 g/mol. The second kappa shape index (κ2) is 6.88. The molecule has 1 fully saturated rings. The highest BCUT2D eigenvalue weighted by atomic mass is 16.5. The number of carbonyl (C=O) groups excluding carboxylic acids is 1. The first kappa shape index (κ1) is 16.1. The van der Waals surface area contributed by atoms with Crippen molar-refractivity contribution in [3.05, 3.63) is 47.3 Å². The Morgan fingerprint density at radius 3 is 3.20 bits per heavy atom. The van der Waals surface area contributed by atoms with Gasteiger partial charge in [0.15, 0.2) is 0 Å². The van der Waals surface area contributed by atoms with Crippen molar-refractivity contribution in [3.8, 4) is 5.75 Å². The van der Waals surface area contributed by atoms with Crippen LogP contribution < -0.4 is 15.4 Å². The third-order valence-corrected chi connectivity index (χ3v) is 5.17. The number of aromatic nitrogens is 2. The second-order valence-electron chi connectivity index (χ2n) is 6.90. The average Bonchev–Trinajstić information content (AvgIpc) is 3.34. The highest BCUT2D eigenvalue weighted by molar-refractivity contribution is 5.80. The number of nitrogens with zero attached hydrogens (tertiary/aromatic N) is 2. The fourth-order valence-corrected chi connectivity index (χ4v) is 3.79. The summed E-state index contributed by atoms with van der Waals surface area (Å²) >= 11 is 0. The van der Waals surface area contributed by atoms with Crippen LogP contribution in [-0.2, 0) is 24.7 Å².